The predicted octanol–water partition coefficient (Wildman–Crippen LogP) is 7.45. The van der Waals surface area contributed by atoms with Gasteiger partial charge in [-0.3, -0.25) is 4.39 Å². The molecule has 2 aliphatic rings. The number of allylic oxidation sites excluding steroid dienone is 2. The van der Waals surface area contributed by atoms with Crippen LogP contribution in [0.3, 0.4) is 0 Å². The Morgan fingerprint density at radius 2 is 1.46 bits per heavy atom. The smallest absolute Gasteiger partial charge is 0.0928 e. The van der Waals surface area contributed by atoms with Gasteiger partial charge in [-0.05, 0) is 99.2 Å². The summed E-state index contributed by atoms with van der Waals surface area (Å²) in [5, 5.41) is 0. The highest BCUT2D eigenvalue weighted by Gasteiger charge is 2.30. The summed E-state index contributed by atoms with van der Waals surface area (Å²) in [6.07, 6.45) is 15.9. The zero-order chi connectivity index (χ0) is 16.8. The molecule has 1 aromatic rings. The van der Waals surface area contributed by atoms with Gasteiger partial charge < -0.3 is 0 Å². The van der Waals surface area contributed by atoms with E-state index in [2.05, 4.69) is 52.3 Å². The monoisotopic (exact) mass is 392 g/mol. The van der Waals surface area contributed by atoms with Gasteiger partial charge in [0, 0.05) is 4.47 Å². The van der Waals surface area contributed by atoms with Gasteiger partial charge in [0.25, 0.3) is 0 Å². The number of hydrogen-bond acceptors (Lipinski definition) is 0. The standard InChI is InChI=1S/C22H30BrF/c23-22-14-12-21(13-15-22)20-10-8-19(9-11-20)18-6-4-17(5-7-18)3-1-2-16-24/h1,3,12-15,17-20H,2,4-11,16H2/b3-1+. The molecule has 0 spiro atoms. The summed E-state index contributed by atoms with van der Waals surface area (Å²) in [6, 6.07) is 8.95. The van der Waals surface area contributed by atoms with Crippen LogP contribution in [0.25, 0.3) is 0 Å². The molecule has 0 atom stereocenters. The van der Waals surface area contributed by atoms with Gasteiger partial charge in [-0.15, -0.1) is 0 Å². The molecule has 0 bridgehead atoms. The summed E-state index contributed by atoms with van der Waals surface area (Å²) in [7, 11) is 0. The number of hydrogen-bond donors (Lipinski definition) is 0. The molecule has 1 aromatic carbocycles. The van der Waals surface area contributed by atoms with E-state index < -0.39 is 0 Å². The lowest BCUT2D eigenvalue weighted by Crippen LogP contribution is -2.25. The number of rotatable bonds is 5. The van der Waals surface area contributed by atoms with Crippen LogP contribution in [-0.4, -0.2) is 6.67 Å². The molecule has 0 amide bonds. The molecule has 2 aliphatic carbocycles. The van der Waals surface area contributed by atoms with Crippen LogP contribution < -0.4 is 0 Å². The van der Waals surface area contributed by atoms with Crippen molar-refractivity contribution >= 4 is 15.9 Å². The second kappa shape index (κ2) is 9.17. The molecule has 0 saturated heterocycles. The fourth-order valence-corrected chi connectivity index (χ4v) is 5.08. The van der Waals surface area contributed by atoms with Crippen molar-refractivity contribution in [3.63, 3.8) is 0 Å². The lowest BCUT2D eigenvalue weighted by atomic mass is 9.68. The third-order valence-electron chi connectivity index (χ3n) is 6.28. The quantitative estimate of drug-likeness (QED) is 0.456. The highest BCUT2D eigenvalue weighted by atomic mass is 79.9. The SMILES string of the molecule is FCC/C=C/C1CCC(C2CCC(c3ccc(Br)cc3)CC2)CC1. The Hall–Kier alpha value is -0.630. The molecule has 2 saturated carbocycles. The Morgan fingerprint density at radius 3 is 2.04 bits per heavy atom. The van der Waals surface area contributed by atoms with Gasteiger partial charge in [0.05, 0.1) is 6.67 Å². The van der Waals surface area contributed by atoms with E-state index in [9.17, 15) is 4.39 Å². The van der Waals surface area contributed by atoms with Crippen molar-refractivity contribution in [1.29, 1.82) is 0 Å². The van der Waals surface area contributed by atoms with Crippen molar-refractivity contribution in [2.45, 2.75) is 63.7 Å². The van der Waals surface area contributed by atoms with Crippen LogP contribution in [0, 0.1) is 17.8 Å². The lowest BCUT2D eigenvalue weighted by Gasteiger charge is -2.37. The second-order valence-corrected chi connectivity index (χ2v) is 8.66. The summed E-state index contributed by atoms with van der Waals surface area (Å²) < 4.78 is 13.4. The maximum Gasteiger partial charge on any atom is 0.0928 e. The molecule has 2 heteroatoms. The van der Waals surface area contributed by atoms with Crippen molar-refractivity contribution in [1.82, 2.24) is 0 Å². The van der Waals surface area contributed by atoms with E-state index in [0.717, 1.165) is 17.8 Å². The average molecular weight is 393 g/mol. The maximum atomic E-state index is 12.2. The molecule has 0 N–H and O–H groups in total. The Balaban J connectivity index is 1.43. The first-order valence-corrected chi connectivity index (χ1v) is 10.5. The fourth-order valence-electron chi connectivity index (χ4n) is 4.82. The van der Waals surface area contributed by atoms with Crippen LogP contribution in [0.2, 0.25) is 0 Å². The van der Waals surface area contributed by atoms with E-state index in [4.69, 9.17) is 0 Å². The Bertz CT molecular complexity index is 505. The van der Waals surface area contributed by atoms with Crippen molar-refractivity contribution in [3.8, 4) is 0 Å². The molecular weight excluding hydrogens is 363 g/mol. The minimum absolute atomic E-state index is 0.215. The molecular formula is C22H30BrF. The maximum absolute atomic E-state index is 12.2. The third kappa shape index (κ3) is 4.94. The molecule has 0 unspecified atom stereocenters. The highest BCUT2D eigenvalue weighted by molar-refractivity contribution is 9.10. The molecule has 0 aromatic heterocycles. The summed E-state index contributed by atoms with van der Waals surface area (Å²) in [4.78, 5) is 0. The van der Waals surface area contributed by atoms with Crippen molar-refractivity contribution < 1.29 is 4.39 Å². The average Bonchev–Trinajstić information content (AvgIpc) is 2.63. The largest absolute Gasteiger partial charge is 0.251 e. The first-order chi connectivity index (χ1) is 11.8. The summed E-state index contributed by atoms with van der Waals surface area (Å²) in [5.41, 5.74) is 1.53. The normalized spacial score (nSPS) is 31.4. The van der Waals surface area contributed by atoms with E-state index in [1.807, 2.05) is 0 Å². The molecule has 0 radical (unpaired) electrons. The van der Waals surface area contributed by atoms with E-state index in [1.54, 1.807) is 0 Å². The molecule has 0 aliphatic heterocycles. The van der Waals surface area contributed by atoms with Gasteiger partial charge in [0.15, 0.2) is 0 Å². The minimum atomic E-state index is -0.215. The van der Waals surface area contributed by atoms with Crippen LogP contribution in [0.1, 0.15) is 69.3 Å². The Kier molecular flexibility index (Phi) is 6.95. The van der Waals surface area contributed by atoms with Gasteiger partial charge in [-0.2, -0.15) is 0 Å². The zero-order valence-corrected chi connectivity index (χ0v) is 16.2. The zero-order valence-electron chi connectivity index (χ0n) is 14.6. The first kappa shape index (κ1) is 18.2. The first-order valence-electron chi connectivity index (χ1n) is 9.74. The van der Waals surface area contributed by atoms with Crippen molar-refractivity contribution in [2.75, 3.05) is 6.67 Å². The van der Waals surface area contributed by atoms with Gasteiger partial charge >= 0.3 is 0 Å². The number of halogens is 2. The van der Waals surface area contributed by atoms with Crippen molar-refractivity contribution in [3.05, 3.63) is 46.5 Å². The summed E-state index contributed by atoms with van der Waals surface area (Å²) in [5.74, 6) is 3.38. The summed E-state index contributed by atoms with van der Waals surface area (Å²) >= 11 is 3.53. The van der Waals surface area contributed by atoms with Gasteiger partial charge in [0.1, 0.15) is 0 Å². The van der Waals surface area contributed by atoms with Gasteiger partial charge in [-0.1, -0.05) is 40.2 Å². The topological polar surface area (TPSA) is 0 Å². The van der Waals surface area contributed by atoms with Crippen LogP contribution in [0.15, 0.2) is 40.9 Å². The number of alkyl halides is 1. The molecule has 132 valence electrons. The van der Waals surface area contributed by atoms with E-state index in [0.29, 0.717) is 12.3 Å². The van der Waals surface area contributed by atoms with Crippen LogP contribution in [0.5, 0.6) is 0 Å². The van der Waals surface area contributed by atoms with Gasteiger partial charge in [-0.25, -0.2) is 0 Å². The third-order valence-corrected chi connectivity index (χ3v) is 6.81. The molecule has 3 rings (SSSR count). The second-order valence-electron chi connectivity index (χ2n) is 7.74. The van der Waals surface area contributed by atoms with E-state index in [-0.39, 0.29) is 6.67 Å². The molecule has 0 heterocycles. The van der Waals surface area contributed by atoms with Crippen LogP contribution >= 0.6 is 15.9 Å². The predicted molar refractivity (Wildman–Crippen MR) is 104 cm³/mol. The highest BCUT2D eigenvalue weighted by Crippen LogP contribution is 2.44. The minimum Gasteiger partial charge on any atom is -0.251 e. The summed E-state index contributed by atoms with van der Waals surface area (Å²) in [6.45, 7) is -0.215. The molecule has 2 fully saturated rings. The number of benzene rings is 1. The van der Waals surface area contributed by atoms with E-state index >= 15 is 0 Å². The Morgan fingerprint density at radius 1 is 0.875 bits per heavy atom. The van der Waals surface area contributed by atoms with Gasteiger partial charge in [0.2, 0.25) is 0 Å². The van der Waals surface area contributed by atoms with Crippen LogP contribution in [0.4, 0.5) is 4.39 Å². The Labute approximate surface area is 155 Å². The molecule has 24 heavy (non-hydrogen) atoms. The van der Waals surface area contributed by atoms with Crippen LogP contribution in [-0.2, 0) is 0 Å². The fraction of sp³-hybridized carbons (Fsp3) is 0.636. The lowest BCUT2D eigenvalue weighted by molar-refractivity contribution is 0.171. The van der Waals surface area contributed by atoms with Crippen molar-refractivity contribution in [2.24, 2.45) is 17.8 Å². The van der Waals surface area contributed by atoms with E-state index in [1.165, 1.54) is 61.4 Å². The molecule has 0 nitrogen and oxygen atoms in total.